The van der Waals surface area contributed by atoms with Gasteiger partial charge in [0.2, 0.25) is 5.91 Å². The molecule has 0 radical (unpaired) electrons. The van der Waals surface area contributed by atoms with Crippen molar-refractivity contribution in [2.45, 2.75) is 46.1 Å². The smallest absolute Gasteiger partial charge is 0.222 e. The van der Waals surface area contributed by atoms with Crippen LogP contribution in [0.2, 0.25) is 0 Å². The fourth-order valence-corrected chi connectivity index (χ4v) is 3.97. The molecule has 1 atom stereocenters. The quantitative estimate of drug-likeness (QED) is 0.686. The minimum absolute atomic E-state index is 0.111. The van der Waals surface area contributed by atoms with Crippen LogP contribution in [-0.4, -0.2) is 51.6 Å². The fourth-order valence-electron chi connectivity index (χ4n) is 3.97. The highest BCUT2D eigenvalue weighted by atomic mass is 16.5. The van der Waals surface area contributed by atoms with Crippen molar-refractivity contribution in [3.05, 3.63) is 41.5 Å². The van der Waals surface area contributed by atoms with E-state index in [2.05, 4.69) is 10.1 Å². The highest BCUT2D eigenvalue weighted by Gasteiger charge is 2.29. The van der Waals surface area contributed by atoms with Crippen LogP contribution in [0.5, 0.6) is 5.75 Å². The molecule has 1 aliphatic rings. The maximum atomic E-state index is 13.0. The molecular formula is C21H28N4O3. The summed E-state index contributed by atoms with van der Waals surface area (Å²) in [5.41, 5.74) is 2.63. The molecule has 0 aliphatic carbocycles. The van der Waals surface area contributed by atoms with Gasteiger partial charge in [0.25, 0.3) is 0 Å². The molecule has 1 aromatic carbocycles. The van der Waals surface area contributed by atoms with Gasteiger partial charge in [-0.3, -0.25) is 14.3 Å². The van der Waals surface area contributed by atoms with Gasteiger partial charge in [-0.15, -0.1) is 0 Å². The zero-order valence-corrected chi connectivity index (χ0v) is 16.9. The Balaban J connectivity index is 1.59. The molecule has 1 aromatic heterocycles. The Labute approximate surface area is 165 Å². The summed E-state index contributed by atoms with van der Waals surface area (Å²) in [7, 11) is 1.64. The van der Waals surface area contributed by atoms with E-state index in [1.165, 1.54) is 6.33 Å². The number of carbonyl (C=O) groups is 2. The molecule has 150 valence electrons. The number of Topliss-reactive ketones (excluding diaryl/α,β-unsaturated/α-hetero) is 1. The van der Waals surface area contributed by atoms with Crippen LogP contribution in [-0.2, 0) is 11.3 Å². The van der Waals surface area contributed by atoms with Crippen LogP contribution >= 0.6 is 0 Å². The molecule has 1 saturated heterocycles. The van der Waals surface area contributed by atoms with Crippen LogP contribution in [0.1, 0.15) is 47.2 Å². The molecule has 0 saturated carbocycles. The Kier molecular flexibility index (Phi) is 6.44. The number of ether oxygens (including phenoxy) is 1. The Bertz CT molecular complexity index is 809. The summed E-state index contributed by atoms with van der Waals surface area (Å²) >= 11 is 0. The lowest BCUT2D eigenvalue weighted by Gasteiger charge is -2.32. The molecule has 2 aromatic rings. The lowest BCUT2D eigenvalue weighted by molar-refractivity contribution is -0.132. The van der Waals surface area contributed by atoms with E-state index in [0.29, 0.717) is 31.5 Å². The molecule has 2 heterocycles. The van der Waals surface area contributed by atoms with E-state index in [1.54, 1.807) is 18.1 Å². The van der Waals surface area contributed by atoms with Crippen molar-refractivity contribution in [2.75, 3.05) is 20.2 Å². The number of nitrogens with zero attached hydrogens (tertiary/aromatic N) is 4. The topological polar surface area (TPSA) is 77.3 Å². The third-order valence-corrected chi connectivity index (χ3v) is 5.34. The second kappa shape index (κ2) is 8.99. The van der Waals surface area contributed by atoms with E-state index in [0.717, 1.165) is 36.3 Å². The summed E-state index contributed by atoms with van der Waals surface area (Å²) in [5.74, 6) is 0.915. The largest absolute Gasteiger partial charge is 0.496 e. The monoisotopic (exact) mass is 384 g/mol. The number of hydrogen-bond donors (Lipinski definition) is 0. The molecule has 0 spiro atoms. The number of likely N-dealkylation sites (tertiary alicyclic amines) is 1. The Morgan fingerprint density at radius 2 is 2.00 bits per heavy atom. The summed E-state index contributed by atoms with van der Waals surface area (Å²) in [5, 5.41) is 4.05. The fraction of sp³-hybridized carbons (Fsp3) is 0.524. The number of aryl methyl sites for hydroxylation is 3. The summed E-state index contributed by atoms with van der Waals surface area (Å²) in [6, 6.07) is 3.79. The van der Waals surface area contributed by atoms with E-state index < -0.39 is 0 Å². The number of carbonyl (C=O) groups excluding carboxylic acids is 2. The number of ketones is 1. The van der Waals surface area contributed by atoms with Crippen molar-refractivity contribution < 1.29 is 14.3 Å². The molecule has 1 aliphatic heterocycles. The van der Waals surface area contributed by atoms with Crippen LogP contribution in [0.4, 0.5) is 0 Å². The zero-order valence-electron chi connectivity index (χ0n) is 16.9. The van der Waals surface area contributed by atoms with Crippen molar-refractivity contribution in [1.82, 2.24) is 19.7 Å². The maximum absolute atomic E-state index is 13.0. The Morgan fingerprint density at radius 3 is 2.64 bits per heavy atom. The summed E-state index contributed by atoms with van der Waals surface area (Å²) in [4.78, 5) is 31.4. The van der Waals surface area contributed by atoms with Gasteiger partial charge in [-0.2, -0.15) is 5.10 Å². The summed E-state index contributed by atoms with van der Waals surface area (Å²) < 4.78 is 7.12. The SMILES string of the molecule is COc1c(C)cc(C(=O)[C@@H]2CCCN(C(=O)CCCn3cncn3)C2)cc1C. The second-order valence-corrected chi connectivity index (χ2v) is 7.45. The van der Waals surface area contributed by atoms with Gasteiger partial charge >= 0.3 is 0 Å². The molecule has 28 heavy (non-hydrogen) atoms. The molecular weight excluding hydrogens is 356 g/mol. The Hall–Kier alpha value is -2.70. The van der Waals surface area contributed by atoms with Crippen molar-refractivity contribution in [1.29, 1.82) is 0 Å². The highest BCUT2D eigenvalue weighted by molar-refractivity contribution is 5.99. The summed E-state index contributed by atoms with van der Waals surface area (Å²) in [6.07, 6.45) is 6.00. The molecule has 7 heteroatoms. The first kappa shape index (κ1) is 20.0. The molecule has 1 fully saturated rings. The van der Waals surface area contributed by atoms with E-state index in [1.807, 2.05) is 30.9 Å². The number of amides is 1. The number of methoxy groups -OCH3 is 1. The lowest BCUT2D eigenvalue weighted by Crippen LogP contribution is -2.42. The molecule has 0 unspecified atom stereocenters. The molecule has 0 bridgehead atoms. The minimum Gasteiger partial charge on any atom is -0.496 e. The van der Waals surface area contributed by atoms with E-state index >= 15 is 0 Å². The van der Waals surface area contributed by atoms with Gasteiger partial charge in [0.15, 0.2) is 5.78 Å². The van der Waals surface area contributed by atoms with Crippen LogP contribution in [0.25, 0.3) is 0 Å². The Morgan fingerprint density at radius 1 is 1.25 bits per heavy atom. The zero-order chi connectivity index (χ0) is 20.1. The average Bonchev–Trinajstić information content (AvgIpc) is 3.20. The number of piperidine rings is 1. The van der Waals surface area contributed by atoms with Crippen molar-refractivity contribution in [2.24, 2.45) is 5.92 Å². The highest BCUT2D eigenvalue weighted by Crippen LogP contribution is 2.28. The summed E-state index contributed by atoms with van der Waals surface area (Å²) in [6.45, 7) is 5.81. The minimum atomic E-state index is -0.139. The van der Waals surface area contributed by atoms with Gasteiger partial charge in [0.05, 0.1) is 7.11 Å². The predicted octanol–water partition coefficient (Wildman–Crippen LogP) is 2.81. The van der Waals surface area contributed by atoms with Crippen molar-refractivity contribution >= 4 is 11.7 Å². The number of rotatable bonds is 7. The van der Waals surface area contributed by atoms with Crippen LogP contribution in [0.3, 0.4) is 0 Å². The third kappa shape index (κ3) is 4.58. The van der Waals surface area contributed by atoms with E-state index in [-0.39, 0.29) is 17.6 Å². The lowest BCUT2D eigenvalue weighted by atomic mass is 9.88. The van der Waals surface area contributed by atoms with Crippen molar-refractivity contribution in [3.8, 4) is 5.75 Å². The maximum Gasteiger partial charge on any atom is 0.222 e. The van der Waals surface area contributed by atoms with Crippen molar-refractivity contribution in [3.63, 3.8) is 0 Å². The first-order valence-corrected chi connectivity index (χ1v) is 9.79. The van der Waals surface area contributed by atoms with Gasteiger partial charge in [-0.1, -0.05) is 0 Å². The molecule has 1 amide bonds. The van der Waals surface area contributed by atoms with Gasteiger partial charge in [0, 0.05) is 37.5 Å². The van der Waals surface area contributed by atoms with Gasteiger partial charge in [-0.25, -0.2) is 4.98 Å². The van der Waals surface area contributed by atoms with Crippen LogP contribution in [0.15, 0.2) is 24.8 Å². The number of hydrogen-bond acceptors (Lipinski definition) is 5. The van der Waals surface area contributed by atoms with Crippen LogP contribution < -0.4 is 4.74 Å². The van der Waals surface area contributed by atoms with E-state index in [4.69, 9.17) is 4.74 Å². The molecule has 0 N–H and O–H groups in total. The van der Waals surface area contributed by atoms with Gasteiger partial charge in [0.1, 0.15) is 18.4 Å². The average molecular weight is 384 g/mol. The number of aromatic nitrogens is 3. The molecule has 3 rings (SSSR count). The first-order chi connectivity index (χ1) is 13.5. The van der Waals surface area contributed by atoms with E-state index in [9.17, 15) is 9.59 Å². The first-order valence-electron chi connectivity index (χ1n) is 9.79. The molecule has 7 nitrogen and oxygen atoms in total. The second-order valence-electron chi connectivity index (χ2n) is 7.45. The normalized spacial score (nSPS) is 16.8. The predicted molar refractivity (Wildman–Crippen MR) is 105 cm³/mol. The number of benzene rings is 1. The van der Waals surface area contributed by atoms with Crippen LogP contribution in [0, 0.1) is 19.8 Å². The standard InChI is InChI=1S/C21H28N4O3/c1-15-10-18(11-16(2)21(15)28-3)20(27)17-6-4-8-24(12-17)19(26)7-5-9-25-14-22-13-23-25/h10-11,13-14,17H,4-9,12H2,1-3H3/t17-/m1/s1. The third-order valence-electron chi connectivity index (χ3n) is 5.34. The van der Waals surface area contributed by atoms with Gasteiger partial charge < -0.3 is 9.64 Å². The van der Waals surface area contributed by atoms with Gasteiger partial charge in [-0.05, 0) is 56.4 Å².